The Morgan fingerprint density at radius 1 is 1.00 bits per heavy atom. The number of nitrogens with one attached hydrogen (secondary N) is 4. The van der Waals surface area contributed by atoms with Gasteiger partial charge in [0.05, 0.1) is 17.0 Å². The number of rotatable bonds is 10. The van der Waals surface area contributed by atoms with Gasteiger partial charge in [-0.3, -0.25) is 24.0 Å². The maximum Gasteiger partial charge on any atom is 0.271 e. The van der Waals surface area contributed by atoms with Gasteiger partial charge in [0.25, 0.3) is 5.91 Å². The van der Waals surface area contributed by atoms with Gasteiger partial charge in [0.1, 0.15) is 17.8 Å². The first-order valence-electron chi connectivity index (χ1n) is 12.2. The van der Waals surface area contributed by atoms with Crippen molar-refractivity contribution >= 4 is 45.7 Å². The van der Waals surface area contributed by atoms with Crippen molar-refractivity contribution in [3.63, 3.8) is 0 Å². The van der Waals surface area contributed by atoms with Crippen LogP contribution in [0.5, 0.6) is 0 Å². The van der Waals surface area contributed by atoms with Crippen LogP contribution >= 0.6 is 11.3 Å². The molecule has 0 bridgehead atoms. The molecule has 0 saturated heterocycles. The van der Waals surface area contributed by atoms with Gasteiger partial charge in [-0.2, -0.15) is 0 Å². The van der Waals surface area contributed by atoms with E-state index in [9.17, 15) is 19.2 Å². The number of hydrogen-bond acceptors (Lipinski definition) is 7. The lowest BCUT2D eigenvalue weighted by Crippen LogP contribution is -2.54. The predicted octanol–water partition coefficient (Wildman–Crippen LogP) is 2.76. The molecule has 0 saturated carbocycles. The lowest BCUT2D eigenvalue weighted by Gasteiger charge is -2.22. The standard InChI is InChI=1S/C27H33N5O5S/c1-16(24(34)28-14-19-11-8-10-18-9-6-7-12-20(18)19)29-25(35)21(13-23(33)32-37-27(3,4)5)31-26(36)22-15-38-17(2)30-22/h6-12,15-16,21H,13-14H2,1-5H3,(H,28,34)(H,29,35)(H,31,36)(H,32,33)/t16-,21-/m0/s1. The SMILES string of the molecule is Cc1nc(C(=O)N[C@@H](CC(=O)NOC(C)(C)C)C(=O)N[C@@H](C)C(=O)NCc2cccc3ccccc23)cs1. The zero-order valence-electron chi connectivity index (χ0n) is 22.1. The fourth-order valence-corrected chi connectivity index (χ4v) is 4.10. The summed E-state index contributed by atoms with van der Waals surface area (Å²) in [5.74, 6) is -2.31. The quantitative estimate of drug-likeness (QED) is 0.292. The topological polar surface area (TPSA) is 139 Å². The Hall–Kier alpha value is -3.83. The molecule has 3 rings (SSSR count). The summed E-state index contributed by atoms with van der Waals surface area (Å²) in [6, 6.07) is 11.5. The molecule has 10 nitrogen and oxygen atoms in total. The van der Waals surface area contributed by atoms with E-state index in [1.807, 2.05) is 42.5 Å². The molecule has 2 aromatic carbocycles. The number of hydrogen-bond donors (Lipinski definition) is 4. The molecule has 1 aromatic heterocycles. The number of hydroxylamine groups is 1. The second-order valence-corrected chi connectivity index (χ2v) is 10.9. The van der Waals surface area contributed by atoms with Gasteiger partial charge in [-0.05, 0) is 51.0 Å². The Labute approximate surface area is 225 Å². The molecule has 0 aliphatic heterocycles. The van der Waals surface area contributed by atoms with E-state index in [-0.39, 0.29) is 12.2 Å². The average molecular weight is 540 g/mol. The lowest BCUT2D eigenvalue weighted by atomic mass is 10.0. The third-order valence-corrected chi connectivity index (χ3v) is 6.19. The molecular weight excluding hydrogens is 506 g/mol. The molecule has 0 aliphatic rings. The zero-order chi connectivity index (χ0) is 27.9. The lowest BCUT2D eigenvalue weighted by molar-refractivity contribution is -0.147. The summed E-state index contributed by atoms with van der Waals surface area (Å²) in [5, 5.41) is 12.3. The van der Waals surface area contributed by atoms with Crippen molar-refractivity contribution in [2.75, 3.05) is 0 Å². The fourth-order valence-electron chi connectivity index (χ4n) is 3.51. The number of fused-ring (bicyclic) bond motifs is 1. The smallest absolute Gasteiger partial charge is 0.271 e. The molecule has 0 spiro atoms. The van der Waals surface area contributed by atoms with E-state index >= 15 is 0 Å². The minimum Gasteiger partial charge on any atom is -0.350 e. The van der Waals surface area contributed by atoms with E-state index in [2.05, 4.69) is 26.4 Å². The summed E-state index contributed by atoms with van der Waals surface area (Å²) in [6.07, 6.45) is -0.402. The van der Waals surface area contributed by atoms with Crippen molar-refractivity contribution in [2.45, 2.75) is 65.3 Å². The van der Waals surface area contributed by atoms with Crippen LogP contribution < -0.4 is 21.4 Å². The first-order chi connectivity index (χ1) is 17.9. The van der Waals surface area contributed by atoms with E-state index < -0.39 is 47.7 Å². The number of thiazole rings is 1. The van der Waals surface area contributed by atoms with Crippen LogP contribution in [0.4, 0.5) is 0 Å². The summed E-state index contributed by atoms with van der Waals surface area (Å²) >= 11 is 1.29. The Bertz CT molecular complexity index is 1310. The monoisotopic (exact) mass is 539 g/mol. The number of benzene rings is 2. The molecule has 0 unspecified atom stereocenters. The van der Waals surface area contributed by atoms with Crippen LogP contribution in [0.15, 0.2) is 47.8 Å². The Kier molecular flexibility index (Phi) is 9.54. The molecule has 4 amide bonds. The second-order valence-electron chi connectivity index (χ2n) is 9.81. The van der Waals surface area contributed by atoms with E-state index in [1.54, 1.807) is 33.1 Å². The van der Waals surface area contributed by atoms with Gasteiger partial charge in [0.15, 0.2) is 0 Å². The third-order valence-electron chi connectivity index (χ3n) is 5.42. The predicted molar refractivity (Wildman–Crippen MR) is 145 cm³/mol. The van der Waals surface area contributed by atoms with Gasteiger partial charge < -0.3 is 16.0 Å². The maximum atomic E-state index is 13.1. The molecule has 4 N–H and O–H groups in total. The van der Waals surface area contributed by atoms with Crippen molar-refractivity contribution in [3.8, 4) is 0 Å². The van der Waals surface area contributed by atoms with Crippen molar-refractivity contribution in [2.24, 2.45) is 0 Å². The van der Waals surface area contributed by atoms with Crippen LogP contribution in [0, 0.1) is 6.92 Å². The van der Waals surface area contributed by atoms with Crippen molar-refractivity contribution in [3.05, 3.63) is 64.1 Å². The van der Waals surface area contributed by atoms with Crippen molar-refractivity contribution in [1.82, 2.24) is 26.4 Å². The van der Waals surface area contributed by atoms with Crippen LogP contribution in [0.2, 0.25) is 0 Å². The van der Waals surface area contributed by atoms with Crippen LogP contribution in [0.3, 0.4) is 0 Å². The summed E-state index contributed by atoms with van der Waals surface area (Å²) in [7, 11) is 0. The summed E-state index contributed by atoms with van der Waals surface area (Å²) < 4.78 is 0. The third kappa shape index (κ3) is 8.35. The molecule has 38 heavy (non-hydrogen) atoms. The Morgan fingerprint density at radius 2 is 1.71 bits per heavy atom. The number of carbonyl (C=O) groups excluding carboxylic acids is 4. The van der Waals surface area contributed by atoms with Gasteiger partial charge in [0.2, 0.25) is 17.7 Å². The van der Waals surface area contributed by atoms with Crippen LogP contribution in [0.25, 0.3) is 10.8 Å². The first-order valence-corrected chi connectivity index (χ1v) is 13.1. The number of aromatic nitrogens is 1. The first kappa shape index (κ1) is 28.7. The average Bonchev–Trinajstić information content (AvgIpc) is 3.31. The van der Waals surface area contributed by atoms with Crippen molar-refractivity contribution < 1.29 is 24.0 Å². The summed E-state index contributed by atoms with van der Waals surface area (Å²) in [5.41, 5.74) is 2.72. The van der Waals surface area contributed by atoms with Crippen LogP contribution in [-0.4, -0.2) is 46.3 Å². The number of nitrogens with zero attached hydrogens (tertiary/aromatic N) is 1. The van der Waals surface area contributed by atoms with Gasteiger partial charge >= 0.3 is 0 Å². The molecule has 0 fully saturated rings. The summed E-state index contributed by atoms with van der Waals surface area (Å²) in [6.45, 7) is 8.81. The molecule has 2 atom stereocenters. The number of carbonyl (C=O) groups is 4. The number of aryl methyl sites for hydroxylation is 1. The maximum absolute atomic E-state index is 13.1. The molecule has 0 radical (unpaired) electrons. The highest BCUT2D eigenvalue weighted by molar-refractivity contribution is 7.09. The highest BCUT2D eigenvalue weighted by atomic mass is 32.1. The van der Waals surface area contributed by atoms with E-state index in [0.717, 1.165) is 16.3 Å². The normalized spacial score (nSPS) is 12.9. The van der Waals surface area contributed by atoms with Crippen LogP contribution in [0.1, 0.15) is 55.2 Å². The second kappa shape index (κ2) is 12.6. The van der Waals surface area contributed by atoms with Gasteiger partial charge in [-0.25, -0.2) is 10.5 Å². The molecule has 202 valence electrons. The molecule has 11 heteroatoms. The minimum absolute atomic E-state index is 0.137. The largest absolute Gasteiger partial charge is 0.350 e. The molecule has 0 aliphatic carbocycles. The molecule has 3 aromatic rings. The zero-order valence-corrected chi connectivity index (χ0v) is 22.9. The summed E-state index contributed by atoms with van der Waals surface area (Å²) in [4.78, 5) is 60.4. The fraction of sp³-hybridized carbons (Fsp3) is 0.370. The van der Waals surface area contributed by atoms with Crippen LogP contribution in [-0.2, 0) is 25.8 Å². The highest BCUT2D eigenvalue weighted by Crippen LogP contribution is 2.18. The van der Waals surface area contributed by atoms with E-state index in [1.165, 1.54) is 18.3 Å². The minimum atomic E-state index is -1.26. The molecular formula is C27H33N5O5S. The van der Waals surface area contributed by atoms with Gasteiger partial charge in [0, 0.05) is 11.9 Å². The highest BCUT2D eigenvalue weighted by Gasteiger charge is 2.28. The Morgan fingerprint density at radius 3 is 2.39 bits per heavy atom. The van der Waals surface area contributed by atoms with Crippen molar-refractivity contribution in [1.29, 1.82) is 0 Å². The van der Waals surface area contributed by atoms with E-state index in [4.69, 9.17) is 4.84 Å². The van der Waals surface area contributed by atoms with E-state index in [0.29, 0.717) is 5.01 Å². The number of amides is 4. The Balaban J connectivity index is 1.64. The van der Waals surface area contributed by atoms with Gasteiger partial charge in [-0.1, -0.05) is 42.5 Å². The van der Waals surface area contributed by atoms with Gasteiger partial charge in [-0.15, -0.1) is 11.3 Å². The molecule has 1 heterocycles.